The fourth-order valence-corrected chi connectivity index (χ4v) is 1.88. The SMILES string of the molecule is FC(F)(F)c1ccc(C(F)(F)F)c(-c2cc(CCl)[nH]n2)c1. The Balaban J connectivity index is 2.64. The van der Waals surface area contributed by atoms with Gasteiger partial charge in [0.1, 0.15) is 0 Å². The van der Waals surface area contributed by atoms with E-state index >= 15 is 0 Å². The first-order valence-electron chi connectivity index (χ1n) is 5.52. The van der Waals surface area contributed by atoms with Crippen LogP contribution < -0.4 is 0 Å². The molecule has 0 amide bonds. The highest BCUT2D eigenvalue weighted by Gasteiger charge is 2.37. The molecule has 0 aliphatic heterocycles. The van der Waals surface area contributed by atoms with Crippen molar-refractivity contribution < 1.29 is 26.3 Å². The molecule has 2 aromatic rings. The highest BCUT2D eigenvalue weighted by Crippen LogP contribution is 2.40. The maximum atomic E-state index is 12.9. The number of aromatic amines is 1. The van der Waals surface area contributed by atoms with Crippen LogP contribution in [0.3, 0.4) is 0 Å². The number of nitrogens with one attached hydrogen (secondary N) is 1. The molecule has 0 fully saturated rings. The van der Waals surface area contributed by atoms with Crippen molar-refractivity contribution in [3.05, 3.63) is 41.1 Å². The smallest absolute Gasteiger partial charge is 0.281 e. The maximum Gasteiger partial charge on any atom is 0.417 e. The van der Waals surface area contributed by atoms with Crippen LogP contribution in [0.25, 0.3) is 11.3 Å². The number of nitrogens with zero attached hydrogens (tertiary/aromatic N) is 1. The molecule has 0 unspecified atom stereocenters. The van der Waals surface area contributed by atoms with Gasteiger partial charge in [-0.05, 0) is 24.3 Å². The van der Waals surface area contributed by atoms with Gasteiger partial charge >= 0.3 is 12.4 Å². The molecular formula is C12H7ClF6N2. The molecule has 0 radical (unpaired) electrons. The molecular weight excluding hydrogens is 322 g/mol. The Kier molecular flexibility index (Phi) is 3.92. The van der Waals surface area contributed by atoms with Crippen LogP contribution in [-0.4, -0.2) is 10.2 Å². The summed E-state index contributed by atoms with van der Waals surface area (Å²) in [5.74, 6) is -0.0483. The second-order valence-electron chi connectivity index (χ2n) is 4.17. The zero-order chi connectivity index (χ0) is 15.8. The van der Waals surface area contributed by atoms with Gasteiger partial charge in [0.15, 0.2) is 0 Å². The second kappa shape index (κ2) is 5.25. The van der Waals surface area contributed by atoms with E-state index in [4.69, 9.17) is 11.6 Å². The lowest BCUT2D eigenvalue weighted by atomic mass is 10.0. The van der Waals surface area contributed by atoms with Crippen LogP contribution in [0.5, 0.6) is 0 Å². The van der Waals surface area contributed by atoms with E-state index in [0.717, 1.165) is 0 Å². The summed E-state index contributed by atoms with van der Waals surface area (Å²) in [7, 11) is 0. The normalized spacial score (nSPS) is 12.7. The molecule has 114 valence electrons. The third kappa shape index (κ3) is 3.31. The number of hydrogen-bond acceptors (Lipinski definition) is 1. The number of halogens is 7. The minimum Gasteiger partial charge on any atom is -0.281 e. The van der Waals surface area contributed by atoms with Crippen LogP contribution in [0, 0.1) is 0 Å². The summed E-state index contributed by atoms with van der Waals surface area (Å²) >= 11 is 5.49. The van der Waals surface area contributed by atoms with E-state index in [1.807, 2.05) is 0 Å². The lowest BCUT2D eigenvalue weighted by molar-refractivity contribution is -0.141. The van der Waals surface area contributed by atoms with Crippen molar-refractivity contribution in [2.75, 3.05) is 0 Å². The summed E-state index contributed by atoms with van der Waals surface area (Å²) in [4.78, 5) is 0. The first kappa shape index (κ1) is 15.7. The van der Waals surface area contributed by atoms with Crippen LogP contribution in [0.4, 0.5) is 26.3 Å². The van der Waals surface area contributed by atoms with Crippen molar-refractivity contribution >= 4 is 11.6 Å². The van der Waals surface area contributed by atoms with Gasteiger partial charge in [0.2, 0.25) is 0 Å². The molecule has 0 aliphatic rings. The maximum absolute atomic E-state index is 12.9. The summed E-state index contributed by atoms with van der Waals surface area (Å²) in [5.41, 5.74) is -2.96. The molecule has 1 N–H and O–H groups in total. The van der Waals surface area contributed by atoms with Gasteiger partial charge in [-0.1, -0.05) is 0 Å². The summed E-state index contributed by atoms with van der Waals surface area (Å²) in [6.45, 7) is 0. The van der Waals surface area contributed by atoms with Gasteiger partial charge in [0, 0.05) is 5.56 Å². The predicted molar refractivity (Wildman–Crippen MR) is 63.6 cm³/mol. The van der Waals surface area contributed by atoms with Crippen LogP contribution in [0.1, 0.15) is 16.8 Å². The Morgan fingerprint density at radius 3 is 2.14 bits per heavy atom. The predicted octanol–water partition coefficient (Wildman–Crippen LogP) is 4.85. The lowest BCUT2D eigenvalue weighted by Crippen LogP contribution is -2.11. The van der Waals surface area contributed by atoms with Gasteiger partial charge in [-0.25, -0.2) is 0 Å². The summed E-state index contributed by atoms with van der Waals surface area (Å²) in [6.07, 6.45) is -9.54. The van der Waals surface area contributed by atoms with Crippen LogP contribution in [0.15, 0.2) is 24.3 Å². The van der Waals surface area contributed by atoms with Crippen molar-refractivity contribution in [3.8, 4) is 11.3 Å². The molecule has 21 heavy (non-hydrogen) atoms. The Morgan fingerprint density at radius 2 is 1.67 bits per heavy atom. The van der Waals surface area contributed by atoms with Crippen molar-refractivity contribution in [1.82, 2.24) is 10.2 Å². The molecule has 0 bridgehead atoms. The van der Waals surface area contributed by atoms with Crippen molar-refractivity contribution in [2.45, 2.75) is 18.2 Å². The molecule has 1 aromatic heterocycles. The molecule has 0 atom stereocenters. The lowest BCUT2D eigenvalue weighted by Gasteiger charge is -2.14. The number of benzene rings is 1. The zero-order valence-corrected chi connectivity index (χ0v) is 10.9. The van der Waals surface area contributed by atoms with Gasteiger partial charge in [-0.2, -0.15) is 31.4 Å². The van der Waals surface area contributed by atoms with E-state index in [1.165, 1.54) is 6.07 Å². The fraction of sp³-hybridized carbons (Fsp3) is 0.250. The Morgan fingerprint density at radius 1 is 1.00 bits per heavy atom. The number of H-pyrrole nitrogens is 1. The topological polar surface area (TPSA) is 28.7 Å². The monoisotopic (exact) mass is 328 g/mol. The van der Waals surface area contributed by atoms with Crippen molar-refractivity contribution in [2.24, 2.45) is 0 Å². The fourth-order valence-electron chi connectivity index (χ4n) is 1.75. The van der Waals surface area contributed by atoms with E-state index in [2.05, 4.69) is 10.2 Å². The number of aromatic nitrogens is 2. The Hall–Kier alpha value is -1.70. The largest absolute Gasteiger partial charge is 0.417 e. The molecule has 0 saturated heterocycles. The Bertz CT molecular complexity index is 644. The minimum atomic E-state index is -4.79. The van der Waals surface area contributed by atoms with Crippen molar-refractivity contribution in [3.63, 3.8) is 0 Å². The van der Waals surface area contributed by atoms with E-state index < -0.39 is 29.0 Å². The molecule has 0 aliphatic carbocycles. The zero-order valence-electron chi connectivity index (χ0n) is 10.1. The van der Waals surface area contributed by atoms with E-state index in [0.29, 0.717) is 23.9 Å². The standard InChI is InChI=1S/C12H7ClF6N2/c13-5-7-4-10(21-20-7)8-3-6(11(14,15)16)1-2-9(8)12(17,18)19/h1-4H,5H2,(H,20,21). The molecule has 9 heteroatoms. The van der Waals surface area contributed by atoms with Crippen LogP contribution >= 0.6 is 11.6 Å². The van der Waals surface area contributed by atoms with Crippen molar-refractivity contribution in [1.29, 1.82) is 0 Å². The van der Waals surface area contributed by atoms with Gasteiger partial charge in [0.25, 0.3) is 0 Å². The Labute approximate surface area is 119 Å². The second-order valence-corrected chi connectivity index (χ2v) is 4.44. The van der Waals surface area contributed by atoms with E-state index in [1.54, 1.807) is 0 Å². The first-order chi connectivity index (χ1) is 9.63. The van der Waals surface area contributed by atoms with Crippen LogP contribution in [0.2, 0.25) is 0 Å². The highest BCUT2D eigenvalue weighted by atomic mass is 35.5. The highest BCUT2D eigenvalue weighted by molar-refractivity contribution is 6.16. The summed E-state index contributed by atoms with van der Waals surface area (Å²) in [6, 6.07) is 2.39. The average molecular weight is 329 g/mol. The molecule has 2 nitrogen and oxygen atoms in total. The minimum absolute atomic E-state index is 0.0483. The van der Waals surface area contributed by atoms with E-state index in [-0.39, 0.29) is 11.6 Å². The van der Waals surface area contributed by atoms with Gasteiger partial charge in [-0.3, -0.25) is 5.10 Å². The number of hydrogen-bond donors (Lipinski definition) is 1. The number of alkyl halides is 7. The number of rotatable bonds is 2. The van der Waals surface area contributed by atoms with Gasteiger partial charge in [-0.15, -0.1) is 11.6 Å². The molecule has 1 heterocycles. The summed E-state index contributed by atoms with van der Waals surface area (Å²) < 4.78 is 76.7. The molecule has 1 aromatic carbocycles. The van der Waals surface area contributed by atoms with E-state index in [9.17, 15) is 26.3 Å². The third-order valence-electron chi connectivity index (χ3n) is 2.70. The summed E-state index contributed by atoms with van der Waals surface area (Å²) in [5, 5.41) is 5.94. The quantitative estimate of drug-likeness (QED) is 0.619. The van der Waals surface area contributed by atoms with Gasteiger partial charge < -0.3 is 0 Å². The molecule has 0 saturated carbocycles. The average Bonchev–Trinajstić information content (AvgIpc) is 2.84. The molecule has 2 rings (SSSR count). The first-order valence-corrected chi connectivity index (χ1v) is 6.05. The van der Waals surface area contributed by atoms with Gasteiger partial charge in [0.05, 0.1) is 28.4 Å². The molecule has 0 spiro atoms. The third-order valence-corrected chi connectivity index (χ3v) is 2.99. The van der Waals surface area contributed by atoms with Crippen LogP contribution in [-0.2, 0) is 18.2 Å².